The molecular formula is C32H30O12. The first-order valence-corrected chi connectivity index (χ1v) is 13.6. The maximum Gasteiger partial charge on any atom is 0.160 e. The van der Waals surface area contributed by atoms with Gasteiger partial charge >= 0.3 is 0 Å². The fraction of sp³-hybridized carbons (Fsp3) is 0.250. The summed E-state index contributed by atoms with van der Waals surface area (Å²) < 4.78 is 23.0. The molecule has 5 atom stereocenters. The molecule has 0 bridgehead atoms. The normalized spacial score (nSPS) is 22.2. The van der Waals surface area contributed by atoms with Crippen molar-refractivity contribution in [1.82, 2.24) is 0 Å². The van der Waals surface area contributed by atoms with E-state index in [1.807, 2.05) is 0 Å². The van der Waals surface area contributed by atoms with E-state index in [0.717, 1.165) is 6.07 Å². The van der Waals surface area contributed by atoms with Crippen molar-refractivity contribution in [1.29, 1.82) is 0 Å². The summed E-state index contributed by atoms with van der Waals surface area (Å²) in [7, 11) is 2.77. The van der Waals surface area contributed by atoms with E-state index in [4.69, 9.17) is 18.9 Å². The van der Waals surface area contributed by atoms with Crippen molar-refractivity contribution in [2.45, 2.75) is 36.8 Å². The van der Waals surface area contributed by atoms with Crippen LogP contribution in [-0.4, -0.2) is 67.3 Å². The number of phenolic OH excluding ortho intramolecular Hbond substituents is 6. The largest absolute Gasteiger partial charge is 0.508 e. The minimum atomic E-state index is -1.51. The molecule has 0 saturated heterocycles. The third-order valence-corrected chi connectivity index (χ3v) is 8.08. The average Bonchev–Trinajstić information content (AvgIpc) is 2.98. The SMILES string of the molecule is COc1ccc([C@H]2Oc3cc(O)cc(O)c3[C@H](c3c(O)cc(OC)c4c3O[C@H](c3ccc(O)c(O)c3)[C@@H](O)C4)[C@H]2O)cc1O. The van der Waals surface area contributed by atoms with E-state index in [-0.39, 0.29) is 63.5 Å². The Bertz CT molecular complexity index is 1750. The van der Waals surface area contributed by atoms with Gasteiger partial charge in [-0.1, -0.05) is 12.1 Å². The lowest BCUT2D eigenvalue weighted by Gasteiger charge is -2.40. The lowest BCUT2D eigenvalue weighted by molar-refractivity contribution is 0.00115. The second kappa shape index (κ2) is 10.8. The number of fused-ring (bicyclic) bond motifs is 2. The number of ether oxygens (including phenoxy) is 4. The monoisotopic (exact) mass is 606 g/mol. The fourth-order valence-electron chi connectivity index (χ4n) is 6.04. The van der Waals surface area contributed by atoms with Crippen molar-refractivity contribution in [2.75, 3.05) is 14.2 Å². The van der Waals surface area contributed by atoms with Gasteiger partial charge in [-0.05, 0) is 35.4 Å². The van der Waals surface area contributed by atoms with Crippen LogP contribution in [-0.2, 0) is 6.42 Å². The molecule has 4 aromatic rings. The zero-order valence-electron chi connectivity index (χ0n) is 23.5. The van der Waals surface area contributed by atoms with Gasteiger partial charge in [-0.3, -0.25) is 0 Å². The van der Waals surface area contributed by atoms with Crippen LogP contribution in [0.2, 0.25) is 0 Å². The van der Waals surface area contributed by atoms with Gasteiger partial charge in [0, 0.05) is 41.3 Å². The van der Waals surface area contributed by atoms with Gasteiger partial charge < -0.3 is 59.8 Å². The standard InChI is InChI=1S/C32H30O12/c1-41-23-6-4-14(8-19(23)36)31-29(40)28(26-20(37)9-15(33)10-25(26)43-31)27-21(38)12-24(42-2)16-11-22(39)30(44-32(16)27)13-3-5-17(34)18(35)7-13/h3-10,12,22,28-31,33-40H,11H2,1-2H3/t22-,28+,29+,30+,31+/m0/s1. The molecule has 4 aromatic carbocycles. The quantitative estimate of drug-likeness (QED) is 0.154. The van der Waals surface area contributed by atoms with Gasteiger partial charge in [-0.25, -0.2) is 0 Å². The molecule has 0 unspecified atom stereocenters. The molecular weight excluding hydrogens is 576 g/mol. The molecule has 12 heteroatoms. The predicted octanol–water partition coefficient (Wildman–Crippen LogP) is 3.60. The minimum absolute atomic E-state index is 0.00192. The Balaban J connectivity index is 1.56. The van der Waals surface area contributed by atoms with E-state index < -0.39 is 41.8 Å². The van der Waals surface area contributed by atoms with Gasteiger partial charge in [0.25, 0.3) is 0 Å². The Morgan fingerprint density at radius 2 is 1.30 bits per heavy atom. The van der Waals surface area contributed by atoms with E-state index in [0.29, 0.717) is 16.7 Å². The van der Waals surface area contributed by atoms with Crippen molar-refractivity contribution < 1.29 is 59.8 Å². The van der Waals surface area contributed by atoms with Gasteiger partial charge in [0.15, 0.2) is 29.1 Å². The summed E-state index contributed by atoms with van der Waals surface area (Å²) in [6.45, 7) is 0. The van der Waals surface area contributed by atoms with Gasteiger partial charge in [0.2, 0.25) is 0 Å². The van der Waals surface area contributed by atoms with E-state index in [9.17, 15) is 40.9 Å². The van der Waals surface area contributed by atoms with Gasteiger partial charge in [-0.2, -0.15) is 0 Å². The molecule has 230 valence electrons. The second-order valence-electron chi connectivity index (χ2n) is 10.7. The van der Waals surface area contributed by atoms with Gasteiger partial charge in [-0.15, -0.1) is 0 Å². The Morgan fingerprint density at radius 3 is 1.98 bits per heavy atom. The third kappa shape index (κ3) is 4.64. The molecule has 0 fully saturated rings. The lowest BCUT2D eigenvalue weighted by Crippen LogP contribution is -2.37. The number of benzene rings is 4. The number of aliphatic hydroxyl groups is 2. The van der Waals surface area contributed by atoms with Gasteiger partial charge in [0.05, 0.1) is 26.2 Å². The molecule has 0 saturated carbocycles. The van der Waals surface area contributed by atoms with Crippen LogP contribution in [0.5, 0.6) is 57.5 Å². The summed E-state index contributed by atoms with van der Waals surface area (Å²) in [6.07, 6.45) is -4.95. The lowest BCUT2D eigenvalue weighted by atomic mass is 9.77. The molecule has 6 rings (SSSR count). The number of methoxy groups -OCH3 is 2. The topological polar surface area (TPSA) is 199 Å². The summed E-state index contributed by atoms with van der Waals surface area (Å²) in [5.74, 6) is -2.94. The summed E-state index contributed by atoms with van der Waals surface area (Å²) in [4.78, 5) is 0. The number of hydrogen-bond acceptors (Lipinski definition) is 12. The smallest absolute Gasteiger partial charge is 0.160 e. The number of rotatable bonds is 5. The second-order valence-corrected chi connectivity index (χ2v) is 10.7. The molecule has 0 aliphatic carbocycles. The van der Waals surface area contributed by atoms with Crippen LogP contribution >= 0.6 is 0 Å². The van der Waals surface area contributed by atoms with E-state index in [2.05, 4.69) is 0 Å². The molecule has 0 radical (unpaired) electrons. The number of aromatic hydroxyl groups is 6. The predicted molar refractivity (Wildman–Crippen MR) is 153 cm³/mol. The first kappa shape index (κ1) is 28.9. The zero-order valence-corrected chi connectivity index (χ0v) is 23.5. The fourth-order valence-corrected chi connectivity index (χ4v) is 6.04. The third-order valence-electron chi connectivity index (χ3n) is 8.08. The van der Waals surface area contributed by atoms with Crippen LogP contribution in [0.25, 0.3) is 0 Å². The first-order valence-electron chi connectivity index (χ1n) is 13.6. The van der Waals surface area contributed by atoms with Crippen LogP contribution in [0.4, 0.5) is 0 Å². The maximum atomic E-state index is 11.9. The molecule has 0 amide bonds. The summed E-state index contributed by atoms with van der Waals surface area (Å²) in [5.41, 5.74) is 1.08. The van der Waals surface area contributed by atoms with E-state index in [1.54, 1.807) is 6.07 Å². The van der Waals surface area contributed by atoms with Crippen LogP contribution < -0.4 is 18.9 Å². The Morgan fingerprint density at radius 1 is 0.636 bits per heavy atom. The Labute approximate surface area is 250 Å². The van der Waals surface area contributed by atoms with Crippen molar-refractivity contribution in [3.63, 3.8) is 0 Å². The Kier molecular flexibility index (Phi) is 7.10. The highest BCUT2D eigenvalue weighted by molar-refractivity contribution is 5.66. The summed E-state index contributed by atoms with van der Waals surface area (Å²) in [6, 6.07) is 12.0. The van der Waals surface area contributed by atoms with Crippen molar-refractivity contribution in [2.24, 2.45) is 0 Å². The average molecular weight is 607 g/mol. The highest BCUT2D eigenvalue weighted by Crippen LogP contribution is 2.57. The number of phenols is 6. The maximum absolute atomic E-state index is 11.9. The minimum Gasteiger partial charge on any atom is -0.508 e. The van der Waals surface area contributed by atoms with Gasteiger partial charge in [0.1, 0.15) is 46.7 Å². The van der Waals surface area contributed by atoms with Crippen LogP contribution in [0.1, 0.15) is 45.9 Å². The van der Waals surface area contributed by atoms with Crippen molar-refractivity contribution in [3.05, 3.63) is 82.4 Å². The number of aliphatic hydroxyl groups excluding tert-OH is 2. The van der Waals surface area contributed by atoms with Crippen LogP contribution in [0.15, 0.2) is 54.6 Å². The molecule has 0 aromatic heterocycles. The van der Waals surface area contributed by atoms with Crippen LogP contribution in [0.3, 0.4) is 0 Å². The zero-order chi connectivity index (χ0) is 31.4. The highest BCUT2D eigenvalue weighted by atomic mass is 16.5. The molecule has 0 spiro atoms. The molecule has 12 nitrogen and oxygen atoms in total. The highest BCUT2D eigenvalue weighted by Gasteiger charge is 2.46. The summed E-state index contributed by atoms with van der Waals surface area (Å²) in [5, 5.41) is 86.2. The number of hydrogen-bond donors (Lipinski definition) is 8. The van der Waals surface area contributed by atoms with Crippen molar-refractivity contribution >= 4 is 0 Å². The molecule has 2 aliphatic rings. The Hall–Kier alpha value is -5.20. The molecule has 44 heavy (non-hydrogen) atoms. The molecule has 2 heterocycles. The van der Waals surface area contributed by atoms with E-state index in [1.165, 1.54) is 56.7 Å². The van der Waals surface area contributed by atoms with Crippen molar-refractivity contribution in [3.8, 4) is 57.5 Å². The van der Waals surface area contributed by atoms with E-state index >= 15 is 0 Å². The molecule has 8 N–H and O–H groups in total. The van der Waals surface area contributed by atoms with Crippen LogP contribution in [0, 0.1) is 0 Å². The summed E-state index contributed by atoms with van der Waals surface area (Å²) >= 11 is 0. The first-order chi connectivity index (χ1) is 21.0. The molecule has 2 aliphatic heterocycles.